The third-order valence-electron chi connectivity index (χ3n) is 2.92. The van der Waals surface area contributed by atoms with Crippen molar-refractivity contribution < 1.29 is 9.90 Å². The molecule has 3 rings (SSSR count). The molecule has 0 spiro atoms. The Hall–Kier alpha value is -2.10. The Balaban J connectivity index is 2.13. The molecule has 2 aromatic rings. The number of hydrogen-bond acceptors (Lipinski definition) is 3. The van der Waals surface area contributed by atoms with Gasteiger partial charge in [0.25, 0.3) is 0 Å². The second kappa shape index (κ2) is 3.20. The first-order valence-electron chi connectivity index (χ1n) is 5.11. The number of aromatic hydroxyl groups is 1. The summed E-state index contributed by atoms with van der Waals surface area (Å²) in [7, 11) is 0. The summed E-state index contributed by atoms with van der Waals surface area (Å²) in [5.41, 5.74) is 1.55. The number of aromatic nitrogens is 2. The first-order chi connectivity index (χ1) is 7.75. The van der Waals surface area contributed by atoms with E-state index in [4.69, 9.17) is 0 Å². The summed E-state index contributed by atoms with van der Waals surface area (Å²) in [4.78, 5) is 11.8. The fourth-order valence-electron chi connectivity index (χ4n) is 2.17. The van der Waals surface area contributed by atoms with Crippen molar-refractivity contribution in [2.75, 3.05) is 0 Å². The molecule has 1 unspecified atom stereocenters. The molecule has 1 aromatic heterocycles. The highest BCUT2D eigenvalue weighted by atomic mass is 16.3. The number of carbonyl (C=O) groups is 1. The van der Waals surface area contributed by atoms with Gasteiger partial charge in [0.2, 0.25) is 0 Å². The molecular formula is C12H10N2O2. The second-order valence-electron chi connectivity index (χ2n) is 3.90. The number of hydrogen-bond donors (Lipinski definition) is 1. The zero-order valence-corrected chi connectivity index (χ0v) is 8.50. The molecule has 0 aliphatic heterocycles. The first kappa shape index (κ1) is 9.15. The Bertz CT molecular complexity index is 546. The van der Waals surface area contributed by atoms with Crippen LogP contribution in [-0.4, -0.2) is 20.7 Å². The molecule has 1 aromatic carbocycles. The van der Waals surface area contributed by atoms with Crippen LogP contribution < -0.4 is 0 Å². The lowest BCUT2D eigenvalue weighted by molar-refractivity contribution is 0.0984. The standard InChI is InChI=1S/C12H10N2O2/c15-8-2-3-9-10(6-8)12(16)7-11(9)14-5-1-4-13-14/h1-6,11,15H,7H2. The van der Waals surface area contributed by atoms with Crippen molar-refractivity contribution >= 4 is 5.78 Å². The van der Waals surface area contributed by atoms with E-state index in [2.05, 4.69) is 5.10 Å². The number of phenolic OH excluding ortho intramolecular Hbond substituents is 1. The van der Waals surface area contributed by atoms with Gasteiger partial charge in [0.1, 0.15) is 5.75 Å². The number of phenols is 1. The Kier molecular flexibility index (Phi) is 1.83. The summed E-state index contributed by atoms with van der Waals surface area (Å²) in [6.07, 6.45) is 3.96. The topological polar surface area (TPSA) is 55.1 Å². The van der Waals surface area contributed by atoms with Crippen LogP contribution in [0.15, 0.2) is 36.7 Å². The van der Waals surface area contributed by atoms with Gasteiger partial charge in [-0.25, -0.2) is 0 Å². The van der Waals surface area contributed by atoms with Gasteiger partial charge >= 0.3 is 0 Å². The molecular weight excluding hydrogens is 204 g/mol. The third kappa shape index (κ3) is 1.23. The fourth-order valence-corrected chi connectivity index (χ4v) is 2.17. The van der Waals surface area contributed by atoms with E-state index < -0.39 is 0 Å². The lowest BCUT2D eigenvalue weighted by Crippen LogP contribution is -2.07. The molecule has 1 aliphatic carbocycles. The average Bonchev–Trinajstić information content (AvgIpc) is 2.87. The molecule has 1 heterocycles. The molecule has 4 heteroatoms. The summed E-state index contributed by atoms with van der Waals surface area (Å²) in [6.45, 7) is 0. The number of ketones is 1. The number of fused-ring (bicyclic) bond motifs is 1. The van der Waals surface area contributed by atoms with E-state index in [1.807, 2.05) is 12.3 Å². The van der Waals surface area contributed by atoms with Crippen molar-refractivity contribution in [2.24, 2.45) is 0 Å². The van der Waals surface area contributed by atoms with E-state index in [1.165, 1.54) is 6.07 Å². The minimum absolute atomic E-state index is 0.0295. The maximum Gasteiger partial charge on any atom is 0.165 e. The summed E-state index contributed by atoms with van der Waals surface area (Å²) in [5.74, 6) is 0.194. The largest absolute Gasteiger partial charge is 0.508 e. The van der Waals surface area contributed by atoms with Crippen molar-refractivity contribution in [3.05, 3.63) is 47.8 Å². The predicted octanol–water partition coefficient (Wildman–Crippen LogP) is 1.76. The molecule has 80 valence electrons. The number of carbonyl (C=O) groups excluding carboxylic acids is 1. The smallest absolute Gasteiger partial charge is 0.165 e. The number of Topliss-reactive ketones (excluding diaryl/α,β-unsaturated/α-hetero) is 1. The lowest BCUT2D eigenvalue weighted by atomic mass is 10.1. The molecule has 16 heavy (non-hydrogen) atoms. The van der Waals surface area contributed by atoms with Crippen molar-refractivity contribution in [1.29, 1.82) is 0 Å². The Morgan fingerprint density at radius 3 is 3.06 bits per heavy atom. The summed E-state index contributed by atoms with van der Waals surface area (Å²) < 4.78 is 1.78. The molecule has 0 saturated carbocycles. The molecule has 0 radical (unpaired) electrons. The molecule has 1 aliphatic rings. The van der Waals surface area contributed by atoms with Crippen LogP contribution in [-0.2, 0) is 0 Å². The predicted molar refractivity (Wildman–Crippen MR) is 57.4 cm³/mol. The van der Waals surface area contributed by atoms with Crippen molar-refractivity contribution in [3.63, 3.8) is 0 Å². The van der Waals surface area contributed by atoms with Crippen LogP contribution in [0, 0.1) is 0 Å². The molecule has 1 atom stereocenters. The van der Waals surface area contributed by atoms with Crippen LogP contribution in [0.3, 0.4) is 0 Å². The van der Waals surface area contributed by atoms with E-state index in [9.17, 15) is 9.90 Å². The Morgan fingerprint density at radius 1 is 1.44 bits per heavy atom. The van der Waals surface area contributed by atoms with Crippen LogP contribution in [0.5, 0.6) is 5.75 Å². The highest BCUT2D eigenvalue weighted by molar-refractivity contribution is 6.01. The monoisotopic (exact) mass is 214 g/mol. The van der Waals surface area contributed by atoms with Gasteiger partial charge < -0.3 is 5.11 Å². The highest BCUT2D eigenvalue weighted by Crippen LogP contribution is 2.35. The normalized spacial score (nSPS) is 18.8. The summed E-state index contributed by atoms with van der Waals surface area (Å²) in [6, 6.07) is 6.73. The molecule has 0 saturated heterocycles. The zero-order chi connectivity index (χ0) is 11.1. The van der Waals surface area contributed by atoms with Crippen LogP contribution >= 0.6 is 0 Å². The van der Waals surface area contributed by atoms with Crippen LogP contribution in [0.4, 0.5) is 0 Å². The van der Waals surface area contributed by atoms with Crippen LogP contribution in [0.2, 0.25) is 0 Å². The number of rotatable bonds is 1. The zero-order valence-electron chi connectivity index (χ0n) is 8.50. The first-order valence-corrected chi connectivity index (χ1v) is 5.11. The SMILES string of the molecule is O=C1CC(n2cccn2)c2ccc(O)cc21. The number of benzene rings is 1. The fraction of sp³-hybridized carbons (Fsp3) is 0.167. The lowest BCUT2D eigenvalue weighted by Gasteiger charge is -2.10. The van der Waals surface area contributed by atoms with Crippen molar-refractivity contribution in [1.82, 2.24) is 9.78 Å². The van der Waals surface area contributed by atoms with Gasteiger partial charge in [0.15, 0.2) is 5.78 Å². The van der Waals surface area contributed by atoms with Gasteiger partial charge in [-0.1, -0.05) is 6.07 Å². The van der Waals surface area contributed by atoms with E-state index in [0.717, 1.165) is 5.56 Å². The van der Waals surface area contributed by atoms with Gasteiger partial charge in [-0.3, -0.25) is 9.48 Å². The highest BCUT2D eigenvalue weighted by Gasteiger charge is 2.30. The molecule has 1 N–H and O–H groups in total. The van der Waals surface area contributed by atoms with Gasteiger partial charge in [0, 0.05) is 24.4 Å². The molecule has 4 nitrogen and oxygen atoms in total. The Labute approximate surface area is 92.1 Å². The average molecular weight is 214 g/mol. The maximum atomic E-state index is 11.8. The van der Waals surface area contributed by atoms with Gasteiger partial charge in [-0.2, -0.15) is 5.10 Å². The van der Waals surface area contributed by atoms with Crippen molar-refractivity contribution in [3.8, 4) is 5.75 Å². The van der Waals surface area contributed by atoms with Gasteiger partial charge in [0.05, 0.1) is 6.04 Å². The Morgan fingerprint density at radius 2 is 2.31 bits per heavy atom. The van der Waals surface area contributed by atoms with Crippen LogP contribution in [0.25, 0.3) is 0 Å². The molecule has 0 bridgehead atoms. The van der Waals surface area contributed by atoms with Crippen molar-refractivity contribution in [2.45, 2.75) is 12.5 Å². The third-order valence-corrected chi connectivity index (χ3v) is 2.92. The van der Waals surface area contributed by atoms with Gasteiger partial charge in [-0.05, 0) is 23.8 Å². The summed E-state index contributed by atoms with van der Waals surface area (Å²) >= 11 is 0. The summed E-state index contributed by atoms with van der Waals surface area (Å²) in [5, 5.41) is 13.5. The minimum Gasteiger partial charge on any atom is -0.508 e. The van der Waals surface area contributed by atoms with Gasteiger partial charge in [-0.15, -0.1) is 0 Å². The minimum atomic E-state index is -0.0295. The van der Waals surface area contributed by atoms with E-state index in [1.54, 1.807) is 23.0 Å². The van der Waals surface area contributed by atoms with E-state index >= 15 is 0 Å². The second-order valence-corrected chi connectivity index (χ2v) is 3.90. The van der Waals surface area contributed by atoms with E-state index in [-0.39, 0.29) is 17.6 Å². The van der Waals surface area contributed by atoms with Crippen LogP contribution in [0.1, 0.15) is 28.4 Å². The quantitative estimate of drug-likeness (QED) is 0.787. The molecule has 0 fully saturated rings. The number of nitrogens with zero attached hydrogens (tertiary/aromatic N) is 2. The molecule has 0 amide bonds. The van der Waals surface area contributed by atoms with E-state index in [0.29, 0.717) is 12.0 Å². The maximum absolute atomic E-state index is 11.8.